The van der Waals surface area contributed by atoms with Gasteiger partial charge in [-0.05, 0) is 35.9 Å². The molecular formula is C18H15BrN2O3. The first-order valence-electron chi connectivity index (χ1n) is 7.40. The van der Waals surface area contributed by atoms with Crippen LogP contribution in [-0.4, -0.2) is 23.8 Å². The van der Waals surface area contributed by atoms with E-state index in [-0.39, 0.29) is 11.5 Å². The highest BCUT2D eigenvalue weighted by Gasteiger charge is 2.34. The first-order chi connectivity index (χ1) is 11.7. The number of benzene rings is 2. The molecule has 5 nitrogen and oxygen atoms in total. The van der Waals surface area contributed by atoms with Gasteiger partial charge in [-0.15, -0.1) is 0 Å². The molecule has 6 heteroatoms. The van der Waals surface area contributed by atoms with E-state index in [2.05, 4.69) is 21.4 Å². The maximum atomic E-state index is 12.5. The Labute approximate surface area is 148 Å². The molecule has 24 heavy (non-hydrogen) atoms. The second-order valence-electron chi connectivity index (χ2n) is 5.08. The molecule has 3 rings (SSSR count). The Hall–Kier alpha value is -2.60. The van der Waals surface area contributed by atoms with Crippen LogP contribution < -0.4 is 15.2 Å². The molecule has 1 saturated heterocycles. The van der Waals surface area contributed by atoms with Gasteiger partial charge >= 0.3 is 0 Å². The number of nitrogens with zero attached hydrogens (tertiary/aromatic N) is 1. The minimum absolute atomic E-state index is 0.105. The average Bonchev–Trinajstić information content (AvgIpc) is 2.90. The number of hydrogen-bond acceptors (Lipinski definition) is 3. The van der Waals surface area contributed by atoms with Crippen LogP contribution in [0.25, 0.3) is 6.08 Å². The Morgan fingerprint density at radius 3 is 2.42 bits per heavy atom. The molecule has 0 atom stereocenters. The lowest BCUT2D eigenvalue weighted by Crippen LogP contribution is -2.35. The smallest absolute Gasteiger partial charge is 0.282 e. The molecule has 1 fully saturated rings. The number of para-hydroxylation sites is 1. The summed E-state index contributed by atoms with van der Waals surface area (Å²) in [7, 11) is 0. The highest BCUT2D eigenvalue weighted by molar-refractivity contribution is 9.09. The summed E-state index contributed by atoms with van der Waals surface area (Å²) in [5.74, 6) is -0.0426. The van der Waals surface area contributed by atoms with Crippen molar-refractivity contribution in [3.63, 3.8) is 0 Å². The van der Waals surface area contributed by atoms with Crippen LogP contribution in [0.2, 0.25) is 0 Å². The molecule has 0 aliphatic carbocycles. The molecule has 0 spiro atoms. The number of hydrazine groups is 1. The van der Waals surface area contributed by atoms with E-state index in [9.17, 15) is 9.59 Å². The lowest BCUT2D eigenvalue weighted by molar-refractivity contribution is -0.117. The van der Waals surface area contributed by atoms with E-state index in [1.807, 2.05) is 30.3 Å². The van der Waals surface area contributed by atoms with Gasteiger partial charge in [0.15, 0.2) is 0 Å². The molecule has 1 heterocycles. The second-order valence-corrected chi connectivity index (χ2v) is 5.87. The standard InChI is InChI=1S/C18H15BrN2O3/c19-10-11-24-15-8-6-13(7-9-15)12-16-17(22)20-21(18(16)23)14-4-2-1-3-5-14/h1-9,12H,10-11H2,(H,20,22). The van der Waals surface area contributed by atoms with Crippen LogP contribution in [0, 0.1) is 0 Å². The number of ether oxygens (including phenoxy) is 1. The summed E-state index contributed by atoms with van der Waals surface area (Å²) in [5, 5.41) is 2.00. The molecule has 0 saturated carbocycles. The minimum Gasteiger partial charge on any atom is -0.493 e. The van der Waals surface area contributed by atoms with Gasteiger partial charge in [-0.3, -0.25) is 15.0 Å². The minimum atomic E-state index is -0.413. The van der Waals surface area contributed by atoms with Gasteiger partial charge in [0.2, 0.25) is 0 Å². The fourth-order valence-electron chi connectivity index (χ4n) is 2.30. The zero-order chi connectivity index (χ0) is 16.9. The third-order valence-electron chi connectivity index (χ3n) is 3.44. The highest BCUT2D eigenvalue weighted by atomic mass is 79.9. The number of amides is 2. The Kier molecular flexibility index (Phi) is 4.96. The van der Waals surface area contributed by atoms with Gasteiger partial charge in [-0.2, -0.15) is 0 Å². The average molecular weight is 387 g/mol. The normalized spacial score (nSPS) is 15.7. The molecule has 0 unspecified atom stereocenters. The van der Waals surface area contributed by atoms with Crippen molar-refractivity contribution in [2.24, 2.45) is 0 Å². The highest BCUT2D eigenvalue weighted by Crippen LogP contribution is 2.22. The SMILES string of the molecule is O=C1NN(c2ccccc2)C(=O)C1=Cc1ccc(OCCBr)cc1. The van der Waals surface area contributed by atoms with E-state index in [0.29, 0.717) is 12.3 Å². The Bertz CT molecular complexity index is 773. The Morgan fingerprint density at radius 2 is 1.75 bits per heavy atom. The number of halogens is 1. The third kappa shape index (κ3) is 3.49. The van der Waals surface area contributed by atoms with Crippen LogP contribution in [-0.2, 0) is 9.59 Å². The van der Waals surface area contributed by atoms with Gasteiger partial charge in [0.1, 0.15) is 11.3 Å². The van der Waals surface area contributed by atoms with Crippen LogP contribution >= 0.6 is 15.9 Å². The van der Waals surface area contributed by atoms with E-state index in [1.165, 1.54) is 5.01 Å². The van der Waals surface area contributed by atoms with Crippen molar-refractivity contribution in [1.82, 2.24) is 5.43 Å². The summed E-state index contributed by atoms with van der Waals surface area (Å²) in [6, 6.07) is 16.2. The number of alkyl halides is 1. The van der Waals surface area contributed by atoms with E-state index in [4.69, 9.17) is 4.74 Å². The lowest BCUT2D eigenvalue weighted by atomic mass is 10.1. The topological polar surface area (TPSA) is 58.6 Å². The molecular weight excluding hydrogens is 372 g/mol. The molecule has 2 amide bonds. The van der Waals surface area contributed by atoms with Crippen molar-refractivity contribution in [2.45, 2.75) is 0 Å². The van der Waals surface area contributed by atoms with Crippen LogP contribution in [0.3, 0.4) is 0 Å². The quantitative estimate of drug-likeness (QED) is 0.488. The summed E-state index contributed by atoms with van der Waals surface area (Å²) in [4.78, 5) is 24.6. The van der Waals surface area contributed by atoms with Gasteiger partial charge in [0, 0.05) is 5.33 Å². The number of hydrogen-bond donors (Lipinski definition) is 1. The molecule has 122 valence electrons. The number of anilines is 1. The second kappa shape index (κ2) is 7.31. The summed E-state index contributed by atoms with van der Waals surface area (Å²) < 4.78 is 5.48. The van der Waals surface area contributed by atoms with Crippen LogP contribution in [0.4, 0.5) is 5.69 Å². The van der Waals surface area contributed by atoms with Crippen LogP contribution in [0.15, 0.2) is 60.2 Å². The van der Waals surface area contributed by atoms with Gasteiger partial charge < -0.3 is 4.74 Å². The Morgan fingerprint density at radius 1 is 1.04 bits per heavy atom. The monoisotopic (exact) mass is 386 g/mol. The van der Waals surface area contributed by atoms with Gasteiger partial charge in [-0.25, -0.2) is 5.01 Å². The van der Waals surface area contributed by atoms with Crippen LogP contribution in [0.5, 0.6) is 5.75 Å². The van der Waals surface area contributed by atoms with Crippen molar-refractivity contribution in [3.8, 4) is 5.75 Å². The van der Waals surface area contributed by atoms with E-state index >= 15 is 0 Å². The Balaban J connectivity index is 1.80. The molecule has 0 radical (unpaired) electrons. The molecule has 0 bridgehead atoms. The summed E-state index contributed by atoms with van der Waals surface area (Å²) >= 11 is 3.30. The molecule has 1 aliphatic rings. The number of nitrogens with one attached hydrogen (secondary N) is 1. The van der Waals surface area contributed by atoms with E-state index in [0.717, 1.165) is 16.6 Å². The number of carbonyl (C=O) groups is 2. The number of rotatable bonds is 5. The molecule has 2 aromatic rings. The van der Waals surface area contributed by atoms with Crippen LogP contribution in [0.1, 0.15) is 5.56 Å². The van der Waals surface area contributed by atoms with Crippen molar-refractivity contribution >= 4 is 39.5 Å². The van der Waals surface area contributed by atoms with E-state index < -0.39 is 5.91 Å². The van der Waals surface area contributed by atoms with Crippen molar-refractivity contribution in [2.75, 3.05) is 16.9 Å². The van der Waals surface area contributed by atoms with Gasteiger partial charge in [0.25, 0.3) is 11.8 Å². The van der Waals surface area contributed by atoms with Crippen molar-refractivity contribution in [1.29, 1.82) is 0 Å². The first-order valence-corrected chi connectivity index (χ1v) is 8.52. The van der Waals surface area contributed by atoms with Crippen molar-refractivity contribution in [3.05, 3.63) is 65.7 Å². The summed E-state index contributed by atoms with van der Waals surface area (Å²) in [5.41, 5.74) is 4.06. The molecule has 1 N–H and O–H groups in total. The lowest BCUT2D eigenvalue weighted by Gasteiger charge is -2.13. The predicted octanol–water partition coefficient (Wildman–Crippen LogP) is 2.92. The molecule has 0 aromatic heterocycles. The summed E-state index contributed by atoms with van der Waals surface area (Å²) in [6.45, 7) is 0.577. The first kappa shape index (κ1) is 16.3. The largest absolute Gasteiger partial charge is 0.493 e. The maximum Gasteiger partial charge on any atom is 0.282 e. The zero-order valence-corrected chi connectivity index (χ0v) is 14.3. The van der Waals surface area contributed by atoms with Gasteiger partial charge in [0.05, 0.1) is 12.3 Å². The summed E-state index contributed by atoms with van der Waals surface area (Å²) in [6.07, 6.45) is 1.58. The maximum absolute atomic E-state index is 12.5. The molecule has 2 aromatic carbocycles. The fraction of sp³-hybridized carbons (Fsp3) is 0.111. The van der Waals surface area contributed by atoms with E-state index in [1.54, 1.807) is 30.3 Å². The predicted molar refractivity (Wildman–Crippen MR) is 95.8 cm³/mol. The zero-order valence-electron chi connectivity index (χ0n) is 12.7. The third-order valence-corrected chi connectivity index (χ3v) is 3.77. The van der Waals surface area contributed by atoms with Gasteiger partial charge in [-0.1, -0.05) is 46.3 Å². The van der Waals surface area contributed by atoms with Crippen molar-refractivity contribution < 1.29 is 14.3 Å². The number of carbonyl (C=O) groups excluding carboxylic acids is 2. The molecule has 1 aliphatic heterocycles. The fourth-order valence-corrected chi connectivity index (χ4v) is 2.46.